The van der Waals surface area contributed by atoms with Crippen molar-refractivity contribution in [3.8, 4) is 0 Å². The Morgan fingerprint density at radius 3 is 3.08 bits per heavy atom. The third-order valence-electron chi connectivity index (χ3n) is 2.60. The molecule has 0 aromatic rings. The van der Waals surface area contributed by atoms with Crippen LogP contribution in [0.4, 0.5) is 0 Å². The molecule has 2 rings (SSSR count). The van der Waals surface area contributed by atoms with Crippen molar-refractivity contribution in [3.05, 3.63) is 23.8 Å². The van der Waals surface area contributed by atoms with E-state index in [9.17, 15) is 4.79 Å². The van der Waals surface area contributed by atoms with Crippen LogP contribution >= 0.6 is 11.6 Å². The van der Waals surface area contributed by atoms with E-state index in [1.807, 2.05) is 6.08 Å². The predicted octanol–water partition coefficient (Wildman–Crippen LogP) is 2.60. The van der Waals surface area contributed by atoms with Gasteiger partial charge in [0.25, 0.3) is 0 Å². The van der Waals surface area contributed by atoms with Gasteiger partial charge in [0, 0.05) is 0 Å². The highest BCUT2D eigenvalue weighted by Crippen LogP contribution is 2.41. The van der Waals surface area contributed by atoms with Crippen molar-refractivity contribution >= 4 is 17.4 Å². The molecule has 0 aliphatic heterocycles. The molecule has 2 aliphatic carbocycles. The minimum absolute atomic E-state index is 0.0863. The maximum atomic E-state index is 11.0. The van der Waals surface area contributed by atoms with Crippen molar-refractivity contribution in [3.63, 3.8) is 0 Å². The second-order valence-corrected chi connectivity index (χ2v) is 4.15. The fourth-order valence-corrected chi connectivity index (χ4v) is 2.23. The van der Waals surface area contributed by atoms with E-state index in [-0.39, 0.29) is 10.7 Å². The molecule has 12 heavy (non-hydrogen) atoms. The lowest BCUT2D eigenvalue weighted by molar-refractivity contribution is -0.110. The van der Waals surface area contributed by atoms with Gasteiger partial charge in [0.1, 0.15) is 0 Å². The first-order chi connectivity index (χ1) is 5.71. The number of halogens is 1. The topological polar surface area (TPSA) is 17.1 Å². The number of carbonyl (C=O) groups is 1. The molecule has 64 valence electrons. The molecule has 0 bridgehead atoms. The van der Waals surface area contributed by atoms with Gasteiger partial charge in [0.2, 0.25) is 0 Å². The first-order valence-corrected chi connectivity index (χ1v) is 4.72. The zero-order valence-electron chi connectivity index (χ0n) is 6.85. The lowest BCUT2D eigenvalue weighted by Gasteiger charge is -2.32. The Morgan fingerprint density at radius 1 is 1.42 bits per heavy atom. The molecule has 1 fully saturated rings. The van der Waals surface area contributed by atoms with Gasteiger partial charge in [0.05, 0.1) is 4.87 Å². The van der Waals surface area contributed by atoms with E-state index in [4.69, 9.17) is 11.6 Å². The molecule has 2 heteroatoms. The Balaban J connectivity index is 2.34. The van der Waals surface area contributed by atoms with Gasteiger partial charge >= 0.3 is 0 Å². The Labute approximate surface area is 77.1 Å². The van der Waals surface area contributed by atoms with Crippen molar-refractivity contribution in [1.82, 2.24) is 0 Å². The Morgan fingerprint density at radius 2 is 2.25 bits per heavy atom. The summed E-state index contributed by atoms with van der Waals surface area (Å²) in [4.78, 5) is 10.7. The van der Waals surface area contributed by atoms with Gasteiger partial charge in [-0.2, -0.15) is 0 Å². The molecule has 0 amide bonds. The molecule has 0 aromatic heterocycles. The number of hydrogen-bond acceptors (Lipinski definition) is 1. The highest BCUT2D eigenvalue weighted by molar-refractivity contribution is 6.28. The largest absolute Gasteiger partial charge is 0.290 e. The smallest absolute Gasteiger partial charge is 0.178 e. The van der Waals surface area contributed by atoms with Crippen molar-refractivity contribution < 1.29 is 4.79 Å². The van der Waals surface area contributed by atoms with Gasteiger partial charge in [0.15, 0.2) is 5.78 Å². The van der Waals surface area contributed by atoms with Crippen LogP contribution in [0, 0.1) is 0 Å². The van der Waals surface area contributed by atoms with Crippen LogP contribution in [0.3, 0.4) is 0 Å². The summed E-state index contributed by atoms with van der Waals surface area (Å²) < 4.78 is 0. The van der Waals surface area contributed by atoms with E-state index >= 15 is 0 Å². The van der Waals surface area contributed by atoms with Crippen LogP contribution in [0.5, 0.6) is 0 Å². The van der Waals surface area contributed by atoms with Crippen LogP contribution in [0.15, 0.2) is 23.8 Å². The molecule has 2 aliphatic rings. The van der Waals surface area contributed by atoms with E-state index in [1.54, 1.807) is 12.2 Å². The van der Waals surface area contributed by atoms with Crippen LogP contribution in [0.2, 0.25) is 0 Å². The molecule has 1 saturated carbocycles. The van der Waals surface area contributed by atoms with Crippen LogP contribution in [0.25, 0.3) is 0 Å². The van der Waals surface area contributed by atoms with Gasteiger partial charge in [-0.1, -0.05) is 12.5 Å². The molecule has 1 unspecified atom stereocenters. The third kappa shape index (κ3) is 1.22. The van der Waals surface area contributed by atoms with Gasteiger partial charge < -0.3 is 0 Å². The first kappa shape index (κ1) is 8.06. The second-order valence-electron chi connectivity index (χ2n) is 3.47. The Kier molecular flexibility index (Phi) is 1.84. The van der Waals surface area contributed by atoms with Gasteiger partial charge in [-0.3, -0.25) is 4.79 Å². The molecule has 0 spiro atoms. The van der Waals surface area contributed by atoms with Crippen LogP contribution in [-0.2, 0) is 4.79 Å². The number of carbonyl (C=O) groups excluding carboxylic acids is 1. The monoisotopic (exact) mass is 182 g/mol. The summed E-state index contributed by atoms with van der Waals surface area (Å²) in [5.41, 5.74) is 1.11. The van der Waals surface area contributed by atoms with Crippen LogP contribution < -0.4 is 0 Å². The molecule has 0 aromatic carbocycles. The zero-order valence-corrected chi connectivity index (χ0v) is 7.60. The summed E-state index contributed by atoms with van der Waals surface area (Å²) in [5.74, 6) is 0.0863. The van der Waals surface area contributed by atoms with Crippen molar-refractivity contribution in [2.45, 2.75) is 30.6 Å². The highest BCUT2D eigenvalue weighted by atomic mass is 35.5. The van der Waals surface area contributed by atoms with Crippen molar-refractivity contribution in [1.29, 1.82) is 0 Å². The summed E-state index contributed by atoms with van der Waals surface area (Å²) >= 11 is 6.33. The number of ketones is 1. The van der Waals surface area contributed by atoms with Crippen molar-refractivity contribution in [2.75, 3.05) is 0 Å². The maximum Gasteiger partial charge on any atom is 0.178 e. The van der Waals surface area contributed by atoms with Crippen LogP contribution in [-0.4, -0.2) is 10.7 Å². The third-order valence-corrected chi connectivity index (χ3v) is 3.16. The summed E-state index contributed by atoms with van der Waals surface area (Å²) in [6.07, 6.45) is 9.43. The lowest BCUT2D eigenvalue weighted by Crippen LogP contribution is -2.28. The molecule has 1 atom stereocenters. The SMILES string of the molecule is O=C1C=CC2(Cl)CCCCC2=C1. The summed E-state index contributed by atoms with van der Waals surface area (Å²) in [6.45, 7) is 0. The summed E-state index contributed by atoms with van der Waals surface area (Å²) in [7, 11) is 0. The average Bonchev–Trinajstić information content (AvgIpc) is 2.06. The summed E-state index contributed by atoms with van der Waals surface area (Å²) in [6, 6.07) is 0. The van der Waals surface area contributed by atoms with Gasteiger partial charge in [-0.25, -0.2) is 0 Å². The van der Waals surface area contributed by atoms with Gasteiger partial charge in [-0.15, -0.1) is 11.6 Å². The quantitative estimate of drug-likeness (QED) is 0.527. The number of alkyl halides is 1. The summed E-state index contributed by atoms with van der Waals surface area (Å²) in [5, 5.41) is 0. The number of hydrogen-bond donors (Lipinski definition) is 0. The molecular formula is C10H11ClO. The lowest BCUT2D eigenvalue weighted by atomic mass is 9.80. The Bertz CT molecular complexity index is 278. The van der Waals surface area contributed by atoms with E-state index in [0.29, 0.717) is 0 Å². The number of allylic oxidation sites excluding steroid dienone is 4. The minimum Gasteiger partial charge on any atom is -0.290 e. The predicted molar refractivity (Wildman–Crippen MR) is 49.3 cm³/mol. The molecule has 0 N–H and O–H groups in total. The van der Waals surface area contributed by atoms with E-state index in [0.717, 1.165) is 18.4 Å². The van der Waals surface area contributed by atoms with E-state index in [1.165, 1.54) is 12.8 Å². The van der Waals surface area contributed by atoms with E-state index in [2.05, 4.69) is 0 Å². The second kappa shape index (κ2) is 2.74. The van der Waals surface area contributed by atoms with Crippen LogP contribution in [0.1, 0.15) is 25.7 Å². The number of fused-ring (bicyclic) bond motifs is 1. The molecular weight excluding hydrogens is 172 g/mol. The average molecular weight is 183 g/mol. The minimum atomic E-state index is -0.313. The first-order valence-electron chi connectivity index (χ1n) is 4.34. The molecule has 0 heterocycles. The zero-order chi connectivity index (χ0) is 8.60. The standard InChI is InChI=1S/C10H11ClO/c11-10-5-2-1-3-8(10)7-9(12)4-6-10/h4,6-7H,1-3,5H2. The number of rotatable bonds is 0. The van der Waals surface area contributed by atoms with Gasteiger partial charge in [-0.05, 0) is 37.0 Å². The maximum absolute atomic E-state index is 11.0. The highest BCUT2D eigenvalue weighted by Gasteiger charge is 2.33. The molecule has 1 nitrogen and oxygen atoms in total. The Hall–Kier alpha value is -0.560. The molecule has 0 radical (unpaired) electrons. The van der Waals surface area contributed by atoms with Crippen molar-refractivity contribution in [2.24, 2.45) is 0 Å². The van der Waals surface area contributed by atoms with E-state index < -0.39 is 0 Å². The normalized spacial score (nSPS) is 34.4. The molecule has 0 saturated heterocycles. The fourth-order valence-electron chi connectivity index (χ4n) is 1.88. The fraction of sp³-hybridized carbons (Fsp3) is 0.500.